The van der Waals surface area contributed by atoms with Crippen molar-refractivity contribution in [3.05, 3.63) is 24.3 Å². The predicted octanol–water partition coefficient (Wildman–Crippen LogP) is 20.6. The third kappa shape index (κ3) is 57.6. The van der Waals surface area contributed by atoms with Crippen LogP contribution in [0.25, 0.3) is 0 Å². The topological polar surface area (TPSA) is 95.9 Å². The van der Waals surface area contributed by atoms with Crippen LogP contribution < -0.4 is 5.32 Å². The number of rotatable bonds is 61. The molecule has 0 spiro atoms. The van der Waals surface area contributed by atoms with Gasteiger partial charge in [0.25, 0.3) is 0 Å². The summed E-state index contributed by atoms with van der Waals surface area (Å²) in [7, 11) is 0. The summed E-state index contributed by atoms with van der Waals surface area (Å²) in [6.07, 6.45) is 76.2. The summed E-state index contributed by atoms with van der Waals surface area (Å²) in [4.78, 5) is 24.6. The SMILES string of the molecule is CCCCCCCC/C=C\CCCCCCCC(=O)OCCCCCCCCCCC/C=C\CCCCCCCC(=O)NC(CO)C(O)CCCCCCCCCCCCCCCCCCCCCCCC. The number of carbonyl (C=O) groups excluding carboxylic acids is 2. The molecule has 0 aromatic carbocycles. The molecule has 1 amide bonds. The standard InChI is InChI=1S/C66H127NO5/c1-3-5-7-9-11-13-15-17-19-20-21-22-23-24-27-31-34-38-42-46-50-54-58-64(69)63(62-68)67-65(70)59-55-51-47-43-39-35-32-28-25-26-29-33-37-41-45-49-53-57-61-72-66(71)60-56-52-48-44-40-36-30-18-16-14-12-10-8-6-4-2/h18,28,30,32,63-64,68-69H,3-17,19-27,29,31,33-62H2,1-2H3,(H,67,70)/b30-18-,32-28-. The van der Waals surface area contributed by atoms with Crippen LogP contribution in [0.1, 0.15) is 361 Å². The summed E-state index contributed by atoms with van der Waals surface area (Å²) in [6.45, 7) is 4.96. The molecule has 6 heteroatoms. The molecule has 6 nitrogen and oxygen atoms in total. The van der Waals surface area contributed by atoms with Crippen molar-refractivity contribution in [2.45, 2.75) is 373 Å². The second-order valence-corrected chi connectivity index (χ2v) is 22.4. The van der Waals surface area contributed by atoms with Gasteiger partial charge < -0.3 is 20.3 Å². The Hall–Kier alpha value is -1.66. The van der Waals surface area contributed by atoms with Crippen LogP contribution in [0.5, 0.6) is 0 Å². The monoisotopic (exact) mass is 1010 g/mol. The molecule has 0 saturated carbocycles. The normalized spacial score (nSPS) is 12.7. The van der Waals surface area contributed by atoms with E-state index in [0.717, 1.165) is 57.8 Å². The number of ether oxygens (including phenoxy) is 1. The summed E-state index contributed by atoms with van der Waals surface area (Å²) in [6, 6.07) is -0.553. The summed E-state index contributed by atoms with van der Waals surface area (Å²) in [5, 5.41) is 23.4. The van der Waals surface area contributed by atoms with Crippen LogP contribution in [0.2, 0.25) is 0 Å². The molecule has 72 heavy (non-hydrogen) atoms. The number of nitrogens with one attached hydrogen (secondary N) is 1. The second kappa shape index (κ2) is 61.9. The maximum absolute atomic E-state index is 12.5. The molecule has 0 aliphatic heterocycles. The van der Waals surface area contributed by atoms with Gasteiger partial charge in [-0.3, -0.25) is 9.59 Å². The first-order valence-corrected chi connectivity index (χ1v) is 32.6. The molecule has 0 saturated heterocycles. The molecule has 0 aromatic heterocycles. The van der Waals surface area contributed by atoms with Gasteiger partial charge in [-0.15, -0.1) is 0 Å². The number of esters is 1. The fourth-order valence-electron chi connectivity index (χ4n) is 10.2. The van der Waals surface area contributed by atoms with Gasteiger partial charge in [0.2, 0.25) is 5.91 Å². The Morgan fingerprint density at radius 2 is 0.653 bits per heavy atom. The van der Waals surface area contributed by atoms with Crippen LogP contribution in [-0.4, -0.2) is 47.4 Å². The molecule has 0 rings (SSSR count). The number of aliphatic hydroxyl groups excluding tert-OH is 2. The van der Waals surface area contributed by atoms with Gasteiger partial charge in [0.05, 0.1) is 25.4 Å². The molecular formula is C66H127NO5. The molecule has 426 valence electrons. The molecule has 0 aromatic rings. The van der Waals surface area contributed by atoms with Gasteiger partial charge in [0, 0.05) is 12.8 Å². The summed E-state index contributed by atoms with van der Waals surface area (Å²) in [5.41, 5.74) is 0. The zero-order valence-corrected chi connectivity index (χ0v) is 48.7. The Balaban J connectivity index is 3.44. The smallest absolute Gasteiger partial charge is 0.305 e. The Morgan fingerprint density at radius 3 is 0.986 bits per heavy atom. The number of carbonyl (C=O) groups is 2. The van der Waals surface area contributed by atoms with E-state index in [1.54, 1.807) is 0 Å². The second-order valence-electron chi connectivity index (χ2n) is 22.4. The van der Waals surface area contributed by atoms with E-state index >= 15 is 0 Å². The molecule has 0 radical (unpaired) electrons. The van der Waals surface area contributed by atoms with E-state index in [4.69, 9.17) is 4.74 Å². The molecule has 3 N–H and O–H groups in total. The van der Waals surface area contributed by atoms with Crippen LogP contribution in [-0.2, 0) is 14.3 Å². The number of aliphatic hydroxyl groups is 2. The minimum absolute atomic E-state index is 0.00412. The molecule has 0 bridgehead atoms. The maximum atomic E-state index is 12.5. The first kappa shape index (κ1) is 70.3. The van der Waals surface area contributed by atoms with Crippen molar-refractivity contribution in [3.63, 3.8) is 0 Å². The zero-order valence-electron chi connectivity index (χ0n) is 48.7. The molecule has 0 heterocycles. The lowest BCUT2D eigenvalue weighted by Crippen LogP contribution is -2.45. The van der Waals surface area contributed by atoms with E-state index in [1.165, 1.54) is 270 Å². The van der Waals surface area contributed by atoms with Crippen LogP contribution in [0, 0.1) is 0 Å². The van der Waals surface area contributed by atoms with Crippen molar-refractivity contribution in [1.82, 2.24) is 5.32 Å². The van der Waals surface area contributed by atoms with Gasteiger partial charge in [0.15, 0.2) is 0 Å². The summed E-state index contributed by atoms with van der Waals surface area (Å²) in [5.74, 6) is -0.0499. The van der Waals surface area contributed by atoms with E-state index in [0.29, 0.717) is 25.9 Å². The van der Waals surface area contributed by atoms with Crippen LogP contribution in [0.4, 0.5) is 0 Å². The van der Waals surface area contributed by atoms with Gasteiger partial charge in [-0.05, 0) is 77.0 Å². The molecule has 2 atom stereocenters. The predicted molar refractivity (Wildman–Crippen MR) is 315 cm³/mol. The average Bonchev–Trinajstić information content (AvgIpc) is 3.38. The van der Waals surface area contributed by atoms with Gasteiger partial charge in [-0.1, -0.05) is 295 Å². The number of unbranched alkanes of at least 4 members (excludes halogenated alkanes) is 46. The summed E-state index contributed by atoms with van der Waals surface area (Å²) < 4.78 is 5.48. The lowest BCUT2D eigenvalue weighted by molar-refractivity contribution is -0.143. The number of amides is 1. The first-order valence-electron chi connectivity index (χ1n) is 32.6. The quantitative estimate of drug-likeness (QED) is 0.0320. The number of hydrogen-bond donors (Lipinski definition) is 3. The van der Waals surface area contributed by atoms with Crippen molar-refractivity contribution >= 4 is 11.9 Å². The third-order valence-electron chi connectivity index (χ3n) is 15.2. The third-order valence-corrected chi connectivity index (χ3v) is 15.2. The van der Waals surface area contributed by atoms with Gasteiger partial charge in [0.1, 0.15) is 0 Å². The Bertz CT molecular complexity index is 1120. The molecule has 2 unspecified atom stereocenters. The highest BCUT2D eigenvalue weighted by Gasteiger charge is 2.20. The largest absolute Gasteiger partial charge is 0.466 e. The van der Waals surface area contributed by atoms with Gasteiger partial charge in [-0.2, -0.15) is 0 Å². The van der Waals surface area contributed by atoms with Crippen molar-refractivity contribution < 1.29 is 24.5 Å². The number of hydrogen-bond acceptors (Lipinski definition) is 5. The Labute approximate surface area is 450 Å². The van der Waals surface area contributed by atoms with Crippen molar-refractivity contribution in [2.75, 3.05) is 13.2 Å². The lowest BCUT2D eigenvalue weighted by Gasteiger charge is -2.22. The van der Waals surface area contributed by atoms with Crippen molar-refractivity contribution in [3.8, 4) is 0 Å². The minimum atomic E-state index is -0.674. The molecule has 0 aliphatic rings. The molecule has 0 aliphatic carbocycles. The number of allylic oxidation sites excluding steroid dienone is 4. The van der Waals surface area contributed by atoms with E-state index in [2.05, 4.69) is 43.5 Å². The van der Waals surface area contributed by atoms with E-state index in [1.807, 2.05) is 0 Å². The van der Waals surface area contributed by atoms with Gasteiger partial charge >= 0.3 is 5.97 Å². The minimum Gasteiger partial charge on any atom is -0.466 e. The molecular weight excluding hydrogens is 887 g/mol. The van der Waals surface area contributed by atoms with Crippen LogP contribution in [0.15, 0.2) is 24.3 Å². The van der Waals surface area contributed by atoms with Crippen molar-refractivity contribution in [2.24, 2.45) is 0 Å². The zero-order chi connectivity index (χ0) is 52.2. The fourth-order valence-corrected chi connectivity index (χ4v) is 10.2. The van der Waals surface area contributed by atoms with Crippen LogP contribution >= 0.6 is 0 Å². The highest BCUT2D eigenvalue weighted by atomic mass is 16.5. The highest BCUT2D eigenvalue weighted by molar-refractivity contribution is 5.76. The summed E-state index contributed by atoms with van der Waals surface area (Å²) >= 11 is 0. The van der Waals surface area contributed by atoms with Crippen LogP contribution in [0.3, 0.4) is 0 Å². The Morgan fingerprint density at radius 1 is 0.375 bits per heavy atom. The first-order chi connectivity index (χ1) is 35.5. The maximum Gasteiger partial charge on any atom is 0.305 e. The Kier molecular flexibility index (Phi) is 60.5. The van der Waals surface area contributed by atoms with E-state index < -0.39 is 12.1 Å². The average molecular weight is 1010 g/mol. The van der Waals surface area contributed by atoms with Gasteiger partial charge in [-0.25, -0.2) is 0 Å². The highest BCUT2D eigenvalue weighted by Crippen LogP contribution is 2.18. The lowest BCUT2D eigenvalue weighted by atomic mass is 10.0. The van der Waals surface area contributed by atoms with Crippen molar-refractivity contribution in [1.29, 1.82) is 0 Å². The van der Waals surface area contributed by atoms with E-state index in [9.17, 15) is 19.8 Å². The molecule has 0 fully saturated rings. The van der Waals surface area contributed by atoms with E-state index in [-0.39, 0.29) is 18.5 Å². The fraction of sp³-hybridized carbons (Fsp3) is 0.909.